The second-order valence-corrected chi connectivity index (χ2v) is 8.42. The molecule has 0 radical (unpaired) electrons. The molecule has 0 spiro atoms. The van der Waals surface area contributed by atoms with Crippen LogP contribution in [0.25, 0.3) is 27.9 Å². The first kappa shape index (κ1) is 18.0. The van der Waals surface area contributed by atoms with Crippen LogP contribution in [0.3, 0.4) is 0 Å². The number of amides is 1. The van der Waals surface area contributed by atoms with Gasteiger partial charge in [-0.25, -0.2) is 4.98 Å². The van der Waals surface area contributed by atoms with E-state index in [1.54, 1.807) is 18.4 Å². The Labute approximate surface area is 176 Å². The van der Waals surface area contributed by atoms with Crippen LogP contribution < -0.4 is 10.1 Å². The van der Waals surface area contributed by atoms with Crippen LogP contribution >= 0.6 is 22.9 Å². The van der Waals surface area contributed by atoms with E-state index in [9.17, 15) is 4.79 Å². The molecule has 1 N–H and O–H groups in total. The predicted molar refractivity (Wildman–Crippen MR) is 118 cm³/mol. The molecule has 1 aliphatic rings. The number of carbonyl (C=O) groups is 1. The fourth-order valence-electron chi connectivity index (χ4n) is 3.51. The van der Waals surface area contributed by atoms with Crippen molar-refractivity contribution < 1.29 is 9.53 Å². The highest BCUT2D eigenvalue weighted by Gasteiger charge is 2.26. The maximum atomic E-state index is 12.7. The van der Waals surface area contributed by atoms with Gasteiger partial charge in [0.05, 0.1) is 24.1 Å². The third-order valence-corrected chi connectivity index (χ3v) is 6.04. The Hall–Kier alpha value is -3.09. The molecule has 1 aliphatic heterocycles. The Bertz CT molecular complexity index is 1300. The fraction of sp³-hybridized carbons (Fsp3) is 0.0909. The molecule has 3 heterocycles. The molecule has 0 bridgehead atoms. The lowest BCUT2D eigenvalue weighted by molar-refractivity contribution is -0.110. The summed E-state index contributed by atoms with van der Waals surface area (Å²) in [7, 11) is 1.61. The first-order valence-corrected chi connectivity index (χ1v) is 10.2. The average molecular weight is 422 g/mol. The average Bonchev–Trinajstić information content (AvgIpc) is 3.33. The number of hydrogen-bond donors (Lipinski definition) is 1. The van der Waals surface area contributed by atoms with Crippen LogP contribution in [0.1, 0.15) is 16.1 Å². The summed E-state index contributed by atoms with van der Waals surface area (Å²) in [5.74, 6) is 0.561. The minimum atomic E-state index is -0.141. The zero-order valence-electron chi connectivity index (χ0n) is 15.7. The molecule has 0 unspecified atom stereocenters. The molecule has 1 amide bonds. The van der Waals surface area contributed by atoms with E-state index >= 15 is 0 Å². The Morgan fingerprint density at radius 1 is 1.21 bits per heavy atom. The number of rotatable bonds is 3. The lowest BCUT2D eigenvalue weighted by Crippen LogP contribution is -2.04. The van der Waals surface area contributed by atoms with Crippen LogP contribution in [-0.2, 0) is 4.79 Å². The topological polar surface area (TPSA) is 55.6 Å². The molecule has 7 heteroatoms. The molecule has 0 fully saturated rings. The van der Waals surface area contributed by atoms with Crippen molar-refractivity contribution in [1.29, 1.82) is 0 Å². The van der Waals surface area contributed by atoms with Gasteiger partial charge in [0.2, 0.25) is 0 Å². The molecule has 0 aliphatic carbocycles. The van der Waals surface area contributed by atoms with Gasteiger partial charge in [-0.3, -0.25) is 9.20 Å². The van der Waals surface area contributed by atoms with Gasteiger partial charge >= 0.3 is 0 Å². The molecular weight excluding hydrogens is 406 g/mol. The van der Waals surface area contributed by atoms with E-state index < -0.39 is 0 Å². The van der Waals surface area contributed by atoms with E-state index in [1.165, 1.54) is 0 Å². The molecule has 0 saturated carbocycles. The van der Waals surface area contributed by atoms with E-state index in [0.29, 0.717) is 16.3 Å². The van der Waals surface area contributed by atoms with Crippen molar-refractivity contribution in [2.45, 2.75) is 6.92 Å². The van der Waals surface area contributed by atoms with Crippen molar-refractivity contribution in [2.24, 2.45) is 0 Å². The molecule has 4 aromatic rings. The normalized spacial score (nSPS) is 14.4. The number of nitrogens with zero attached hydrogens (tertiary/aromatic N) is 2. The van der Waals surface area contributed by atoms with Gasteiger partial charge in [-0.2, -0.15) is 0 Å². The molecule has 2 aromatic heterocycles. The van der Waals surface area contributed by atoms with Gasteiger partial charge in [-0.1, -0.05) is 23.7 Å². The highest BCUT2D eigenvalue weighted by molar-refractivity contribution is 7.17. The first-order chi connectivity index (χ1) is 14.0. The zero-order chi connectivity index (χ0) is 20.1. The lowest BCUT2D eigenvalue weighted by Gasteiger charge is -2.04. The second-order valence-electron chi connectivity index (χ2n) is 6.77. The number of anilines is 1. The number of aryl methyl sites for hydroxylation is 1. The summed E-state index contributed by atoms with van der Waals surface area (Å²) >= 11 is 7.67. The lowest BCUT2D eigenvalue weighted by atomic mass is 10.0. The van der Waals surface area contributed by atoms with Crippen LogP contribution in [0.4, 0.5) is 5.69 Å². The number of benzene rings is 2. The number of nitrogens with one attached hydrogen (secondary N) is 1. The van der Waals surface area contributed by atoms with Gasteiger partial charge in [0.25, 0.3) is 5.91 Å². The van der Waals surface area contributed by atoms with Gasteiger partial charge in [-0.15, -0.1) is 11.3 Å². The minimum Gasteiger partial charge on any atom is -0.497 e. The molecule has 5 nitrogen and oxygen atoms in total. The van der Waals surface area contributed by atoms with Crippen molar-refractivity contribution in [3.8, 4) is 17.0 Å². The van der Waals surface area contributed by atoms with Crippen molar-refractivity contribution in [2.75, 3.05) is 12.4 Å². The summed E-state index contributed by atoms with van der Waals surface area (Å²) in [5, 5.41) is 3.59. The molecule has 2 aromatic carbocycles. The van der Waals surface area contributed by atoms with Crippen molar-refractivity contribution >= 4 is 51.1 Å². The summed E-state index contributed by atoms with van der Waals surface area (Å²) in [5.41, 5.74) is 4.78. The number of fused-ring (bicyclic) bond motifs is 2. The number of thiazole rings is 1. The van der Waals surface area contributed by atoms with E-state index in [1.807, 2.05) is 66.1 Å². The number of methoxy groups -OCH3 is 1. The van der Waals surface area contributed by atoms with E-state index in [2.05, 4.69) is 5.32 Å². The second kappa shape index (κ2) is 6.76. The standard InChI is InChI=1S/C22H16ClN3O2S/c1-12-11-26-19(20(25-22(26)29-12)13-3-5-14(23)6-4-13)10-17-16-9-15(28-2)7-8-18(16)24-21(17)27/h3-11H,1-2H3,(H,24,27)/b17-10-. The molecule has 144 valence electrons. The van der Waals surface area contributed by atoms with Gasteiger partial charge in [0, 0.05) is 32.9 Å². The van der Waals surface area contributed by atoms with Gasteiger partial charge < -0.3 is 10.1 Å². The highest BCUT2D eigenvalue weighted by Crippen LogP contribution is 2.38. The van der Waals surface area contributed by atoms with Crippen LogP contribution in [0.15, 0.2) is 48.7 Å². The third-order valence-electron chi connectivity index (χ3n) is 4.89. The number of halogens is 1. The van der Waals surface area contributed by atoms with Crippen molar-refractivity contribution in [1.82, 2.24) is 9.38 Å². The number of aromatic nitrogens is 2. The van der Waals surface area contributed by atoms with Crippen LogP contribution in [0.2, 0.25) is 5.02 Å². The molecule has 0 saturated heterocycles. The van der Waals surface area contributed by atoms with E-state index in [-0.39, 0.29) is 5.91 Å². The summed E-state index contributed by atoms with van der Waals surface area (Å²) < 4.78 is 7.37. The highest BCUT2D eigenvalue weighted by atomic mass is 35.5. The van der Waals surface area contributed by atoms with Crippen LogP contribution in [0, 0.1) is 6.92 Å². The predicted octanol–water partition coefficient (Wildman–Crippen LogP) is 5.53. The minimum absolute atomic E-state index is 0.141. The Morgan fingerprint density at radius 2 is 2.00 bits per heavy atom. The molecule has 5 rings (SSSR count). The molecule has 29 heavy (non-hydrogen) atoms. The summed E-state index contributed by atoms with van der Waals surface area (Å²) in [6, 6.07) is 13.1. The third kappa shape index (κ3) is 3.01. The largest absolute Gasteiger partial charge is 0.497 e. The Morgan fingerprint density at radius 3 is 2.76 bits per heavy atom. The van der Waals surface area contributed by atoms with Crippen molar-refractivity contribution in [3.63, 3.8) is 0 Å². The van der Waals surface area contributed by atoms with Gasteiger partial charge in [-0.05, 0) is 43.3 Å². The maximum absolute atomic E-state index is 12.7. The SMILES string of the molecule is COc1ccc2c(c1)/C(=C/c1c(-c3ccc(Cl)cc3)nc3sc(C)cn13)C(=O)N2. The zero-order valence-corrected chi connectivity index (χ0v) is 17.3. The van der Waals surface area contributed by atoms with Crippen LogP contribution in [-0.4, -0.2) is 22.4 Å². The fourth-order valence-corrected chi connectivity index (χ4v) is 4.46. The van der Waals surface area contributed by atoms with Crippen molar-refractivity contribution in [3.05, 3.63) is 69.8 Å². The number of carbonyl (C=O) groups excluding carboxylic acids is 1. The van der Waals surface area contributed by atoms with Gasteiger partial charge in [0.15, 0.2) is 4.96 Å². The number of imidazole rings is 1. The van der Waals surface area contributed by atoms with E-state index in [0.717, 1.165) is 38.0 Å². The summed E-state index contributed by atoms with van der Waals surface area (Å²) in [6.45, 7) is 2.04. The van der Waals surface area contributed by atoms with Crippen LogP contribution in [0.5, 0.6) is 5.75 Å². The smallest absolute Gasteiger partial charge is 0.256 e. The molecular formula is C22H16ClN3O2S. The monoisotopic (exact) mass is 421 g/mol. The Kier molecular flexibility index (Phi) is 4.19. The summed E-state index contributed by atoms with van der Waals surface area (Å²) in [4.78, 5) is 19.6. The number of hydrogen-bond acceptors (Lipinski definition) is 4. The summed E-state index contributed by atoms with van der Waals surface area (Å²) in [6.07, 6.45) is 3.94. The maximum Gasteiger partial charge on any atom is 0.256 e. The number of ether oxygens (including phenoxy) is 1. The molecule has 0 atom stereocenters. The van der Waals surface area contributed by atoms with Gasteiger partial charge in [0.1, 0.15) is 5.75 Å². The Balaban J connectivity index is 1.74. The van der Waals surface area contributed by atoms with E-state index in [4.69, 9.17) is 21.3 Å². The first-order valence-electron chi connectivity index (χ1n) is 8.99. The quantitative estimate of drug-likeness (QED) is 0.443.